The predicted molar refractivity (Wildman–Crippen MR) is 110 cm³/mol. The topological polar surface area (TPSA) is 83.6 Å². The average Bonchev–Trinajstić information content (AvgIpc) is 3.00. The molecule has 3 unspecified atom stereocenters. The summed E-state index contributed by atoms with van der Waals surface area (Å²) in [6.07, 6.45) is 9.82. The minimum atomic E-state index is -0.246. The number of carbonyl (C=O) groups excluding carboxylic acids is 1. The van der Waals surface area contributed by atoms with Gasteiger partial charge in [0.2, 0.25) is 5.91 Å². The number of hydrogen-bond donors (Lipinski definition) is 3. The van der Waals surface area contributed by atoms with Gasteiger partial charge in [0, 0.05) is 6.42 Å². The van der Waals surface area contributed by atoms with E-state index in [-0.39, 0.29) is 23.5 Å². The van der Waals surface area contributed by atoms with Crippen molar-refractivity contribution >= 4 is 5.91 Å². The minimum absolute atomic E-state index is 0.0182. The van der Waals surface area contributed by atoms with Crippen molar-refractivity contribution < 1.29 is 15.0 Å². The first-order valence-electron chi connectivity index (χ1n) is 11.8. The van der Waals surface area contributed by atoms with Gasteiger partial charge in [0.05, 0.1) is 12.2 Å². The number of amides is 1. The molecule has 0 aromatic heterocycles. The van der Waals surface area contributed by atoms with Crippen molar-refractivity contribution in [1.82, 2.24) is 0 Å². The maximum Gasteiger partial charge on any atom is 0.217 e. The third-order valence-corrected chi connectivity index (χ3v) is 10.3. The summed E-state index contributed by atoms with van der Waals surface area (Å²) in [6, 6.07) is 0. The Balaban J connectivity index is 1.56. The number of rotatable bonds is 4. The van der Waals surface area contributed by atoms with Crippen LogP contribution in [0, 0.1) is 46.3 Å². The number of primary amides is 1. The highest BCUT2D eigenvalue weighted by molar-refractivity contribution is 5.73. The maximum absolute atomic E-state index is 11.5. The first-order valence-corrected chi connectivity index (χ1v) is 11.8. The van der Waals surface area contributed by atoms with E-state index in [9.17, 15) is 15.0 Å². The van der Waals surface area contributed by atoms with Crippen molar-refractivity contribution in [1.29, 1.82) is 0 Å². The number of carbonyl (C=O) groups is 1. The van der Waals surface area contributed by atoms with Crippen LogP contribution in [0.25, 0.3) is 0 Å². The molecule has 0 aromatic rings. The van der Waals surface area contributed by atoms with Crippen LogP contribution >= 0.6 is 0 Å². The van der Waals surface area contributed by atoms with E-state index in [4.69, 9.17) is 5.73 Å². The second-order valence-corrected chi connectivity index (χ2v) is 11.4. The second kappa shape index (κ2) is 7.27. The molecule has 4 heteroatoms. The van der Waals surface area contributed by atoms with Gasteiger partial charge in [-0.25, -0.2) is 0 Å². The van der Waals surface area contributed by atoms with E-state index in [0.717, 1.165) is 38.0 Å². The van der Waals surface area contributed by atoms with Gasteiger partial charge < -0.3 is 15.9 Å². The molecule has 4 aliphatic carbocycles. The number of aliphatic hydroxyl groups excluding tert-OH is 2. The van der Waals surface area contributed by atoms with E-state index in [0.29, 0.717) is 41.4 Å². The van der Waals surface area contributed by atoms with Gasteiger partial charge in [0.15, 0.2) is 0 Å². The summed E-state index contributed by atoms with van der Waals surface area (Å²) in [7, 11) is 0. The Hall–Kier alpha value is -0.610. The van der Waals surface area contributed by atoms with Gasteiger partial charge in [0.1, 0.15) is 0 Å². The van der Waals surface area contributed by atoms with E-state index in [1.165, 1.54) is 25.7 Å². The first kappa shape index (κ1) is 20.7. The molecule has 0 radical (unpaired) electrons. The number of nitrogens with two attached hydrogens (primary N) is 1. The zero-order chi connectivity index (χ0) is 20.3. The molecular weight excluding hydrogens is 350 g/mol. The fourth-order valence-electron chi connectivity index (χ4n) is 8.73. The van der Waals surface area contributed by atoms with Crippen LogP contribution in [0.4, 0.5) is 0 Å². The molecule has 0 bridgehead atoms. The Morgan fingerprint density at radius 3 is 2.54 bits per heavy atom. The highest BCUT2D eigenvalue weighted by Gasteiger charge is 2.63. The molecule has 1 amide bonds. The van der Waals surface area contributed by atoms with E-state index in [1.807, 2.05) is 0 Å². The van der Waals surface area contributed by atoms with Crippen molar-refractivity contribution in [2.45, 2.75) is 97.2 Å². The van der Waals surface area contributed by atoms with Gasteiger partial charge in [-0.3, -0.25) is 4.79 Å². The van der Waals surface area contributed by atoms with Crippen LogP contribution < -0.4 is 5.73 Å². The van der Waals surface area contributed by atoms with Gasteiger partial charge in [-0.05, 0) is 104 Å². The fraction of sp³-hybridized carbons (Fsp3) is 0.958. The molecule has 28 heavy (non-hydrogen) atoms. The lowest BCUT2D eigenvalue weighted by Gasteiger charge is -2.62. The van der Waals surface area contributed by atoms with Gasteiger partial charge in [0.25, 0.3) is 0 Å². The number of fused-ring (bicyclic) bond motifs is 5. The molecule has 0 aliphatic heterocycles. The van der Waals surface area contributed by atoms with Gasteiger partial charge in [-0.15, -0.1) is 0 Å². The zero-order valence-electron chi connectivity index (χ0n) is 18.1. The average molecular weight is 392 g/mol. The van der Waals surface area contributed by atoms with Crippen molar-refractivity contribution in [3.63, 3.8) is 0 Å². The first-order chi connectivity index (χ1) is 13.2. The summed E-state index contributed by atoms with van der Waals surface area (Å²) in [5, 5.41) is 21.7. The van der Waals surface area contributed by atoms with E-state index < -0.39 is 0 Å². The predicted octanol–water partition coefficient (Wildman–Crippen LogP) is 3.88. The largest absolute Gasteiger partial charge is 0.393 e. The maximum atomic E-state index is 11.5. The van der Waals surface area contributed by atoms with Gasteiger partial charge in [-0.2, -0.15) is 0 Å². The SMILES string of the molecule is C[C@H](CCC(N)=O)C1CCC2[C@@H]3CC[C@@H]4C[C@H](O)CC[C@]4(C)C3C[C@H](O)[C@@]21C. The summed E-state index contributed by atoms with van der Waals surface area (Å²) in [5.41, 5.74) is 5.67. The quantitative estimate of drug-likeness (QED) is 0.680. The standard InChI is InChI=1S/C24H41NO3/c1-14(4-9-22(25)28)18-7-8-19-17-6-5-15-12-16(26)10-11-23(15,2)20(17)13-21(27)24(18,19)3/h14-21,26-27H,4-13H2,1-3H3,(H2,25,28)/t14-,15-,16-,17+,18?,19?,20?,21+,23+,24-/m1/s1. The molecule has 0 saturated heterocycles. The lowest BCUT2D eigenvalue weighted by atomic mass is 9.43. The lowest BCUT2D eigenvalue weighted by molar-refractivity contribution is -0.174. The molecule has 4 aliphatic rings. The van der Waals surface area contributed by atoms with E-state index >= 15 is 0 Å². The van der Waals surface area contributed by atoms with Crippen LogP contribution in [0.2, 0.25) is 0 Å². The van der Waals surface area contributed by atoms with Gasteiger partial charge in [-0.1, -0.05) is 20.8 Å². The third kappa shape index (κ3) is 3.05. The number of aliphatic hydroxyl groups is 2. The fourth-order valence-corrected chi connectivity index (χ4v) is 8.73. The van der Waals surface area contributed by atoms with Crippen LogP contribution in [0.5, 0.6) is 0 Å². The molecule has 4 fully saturated rings. The highest BCUT2D eigenvalue weighted by atomic mass is 16.3. The Bertz CT molecular complexity index is 609. The van der Waals surface area contributed by atoms with Crippen LogP contribution in [0.15, 0.2) is 0 Å². The second-order valence-electron chi connectivity index (χ2n) is 11.4. The van der Waals surface area contributed by atoms with Crippen LogP contribution in [0.3, 0.4) is 0 Å². The smallest absolute Gasteiger partial charge is 0.217 e. The van der Waals surface area contributed by atoms with Crippen LogP contribution in [-0.2, 0) is 4.79 Å². The molecule has 0 aromatic carbocycles. The Morgan fingerprint density at radius 2 is 1.82 bits per heavy atom. The Kier molecular flexibility index (Phi) is 5.36. The molecular formula is C24H41NO3. The van der Waals surface area contributed by atoms with Gasteiger partial charge >= 0.3 is 0 Å². The van der Waals surface area contributed by atoms with Crippen molar-refractivity contribution in [3.8, 4) is 0 Å². The molecule has 4 nitrogen and oxygen atoms in total. The van der Waals surface area contributed by atoms with Crippen LogP contribution in [-0.4, -0.2) is 28.3 Å². The van der Waals surface area contributed by atoms with Crippen molar-refractivity contribution in [2.24, 2.45) is 52.1 Å². The summed E-state index contributed by atoms with van der Waals surface area (Å²) in [5.74, 6) is 3.27. The highest BCUT2D eigenvalue weighted by Crippen LogP contribution is 2.68. The summed E-state index contributed by atoms with van der Waals surface area (Å²) < 4.78 is 0. The molecule has 0 heterocycles. The number of hydrogen-bond acceptors (Lipinski definition) is 3. The third-order valence-electron chi connectivity index (χ3n) is 10.3. The van der Waals surface area contributed by atoms with Crippen molar-refractivity contribution in [2.75, 3.05) is 0 Å². The molecule has 4 saturated carbocycles. The minimum Gasteiger partial charge on any atom is -0.393 e. The summed E-state index contributed by atoms with van der Waals surface area (Å²) in [6.45, 7) is 7.09. The zero-order valence-corrected chi connectivity index (χ0v) is 18.1. The summed E-state index contributed by atoms with van der Waals surface area (Å²) in [4.78, 5) is 11.3. The molecule has 4 N–H and O–H groups in total. The van der Waals surface area contributed by atoms with E-state index in [2.05, 4.69) is 20.8 Å². The molecule has 0 spiro atoms. The van der Waals surface area contributed by atoms with Crippen molar-refractivity contribution in [3.05, 3.63) is 0 Å². The lowest BCUT2D eigenvalue weighted by Crippen LogP contribution is -2.58. The summed E-state index contributed by atoms with van der Waals surface area (Å²) >= 11 is 0. The normalized spacial score (nSPS) is 51.7. The van der Waals surface area contributed by atoms with Crippen LogP contribution in [0.1, 0.15) is 85.0 Å². The van der Waals surface area contributed by atoms with E-state index in [1.54, 1.807) is 0 Å². The Labute approximate surface area is 170 Å². The molecule has 10 atom stereocenters. The molecule has 4 rings (SSSR count). The monoisotopic (exact) mass is 391 g/mol. The molecule has 160 valence electrons. The Morgan fingerprint density at radius 1 is 1.07 bits per heavy atom.